The van der Waals surface area contributed by atoms with Crippen molar-refractivity contribution in [1.29, 1.82) is 0 Å². The maximum atomic E-state index is 12.0. The number of carboxylic acids is 1. The average Bonchev–Trinajstić information content (AvgIpc) is 2.96. The van der Waals surface area contributed by atoms with Crippen molar-refractivity contribution >= 4 is 27.8 Å². The van der Waals surface area contributed by atoms with Gasteiger partial charge in [-0.05, 0) is 17.7 Å². The van der Waals surface area contributed by atoms with Gasteiger partial charge in [0.1, 0.15) is 0 Å². The molecule has 1 heterocycles. The van der Waals surface area contributed by atoms with Crippen LogP contribution in [0.2, 0.25) is 0 Å². The summed E-state index contributed by atoms with van der Waals surface area (Å²) in [6.07, 6.45) is 0. The van der Waals surface area contributed by atoms with Gasteiger partial charge in [-0.15, -0.1) is 0 Å². The first kappa shape index (κ1) is 11.7. The molecule has 5 heteroatoms. The molecule has 1 N–H and O–H groups in total. The van der Waals surface area contributed by atoms with Crippen LogP contribution in [-0.2, 0) is 16.1 Å². The van der Waals surface area contributed by atoms with E-state index in [1.165, 1.54) is 0 Å². The molecule has 3 rings (SSSR count). The Morgan fingerprint density at radius 2 is 2.06 bits per heavy atom. The lowest BCUT2D eigenvalue weighted by Crippen LogP contribution is -2.30. The highest BCUT2D eigenvalue weighted by Gasteiger charge is 2.64. The largest absolute Gasteiger partial charge is 0.481 e. The zero-order chi connectivity index (χ0) is 12.9. The Morgan fingerprint density at radius 3 is 2.56 bits per heavy atom. The van der Waals surface area contributed by atoms with Crippen molar-refractivity contribution in [3.05, 3.63) is 34.3 Å². The summed E-state index contributed by atoms with van der Waals surface area (Å²) in [7, 11) is 0. The molecule has 2 fully saturated rings. The minimum atomic E-state index is -0.832. The van der Waals surface area contributed by atoms with Gasteiger partial charge >= 0.3 is 5.97 Å². The predicted octanol–water partition coefficient (Wildman–Crippen LogP) is 1.74. The topological polar surface area (TPSA) is 57.6 Å². The van der Waals surface area contributed by atoms with Gasteiger partial charge in [-0.1, -0.05) is 28.1 Å². The number of carbonyl (C=O) groups excluding carboxylic acids is 1. The van der Waals surface area contributed by atoms with Crippen molar-refractivity contribution in [2.75, 3.05) is 6.54 Å². The van der Waals surface area contributed by atoms with E-state index in [0.29, 0.717) is 13.1 Å². The van der Waals surface area contributed by atoms with Crippen molar-refractivity contribution in [3.63, 3.8) is 0 Å². The summed E-state index contributed by atoms with van der Waals surface area (Å²) in [6, 6.07) is 7.82. The van der Waals surface area contributed by atoms with Crippen molar-refractivity contribution in [2.45, 2.75) is 6.54 Å². The van der Waals surface area contributed by atoms with E-state index in [1.807, 2.05) is 24.3 Å². The standard InChI is InChI=1S/C13H12BrNO3/c14-8-3-1-7(2-4-8)5-15-6-9-10(12(15)16)11(9)13(17)18/h1-4,9-11H,5-6H2,(H,17,18). The van der Waals surface area contributed by atoms with Crippen molar-refractivity contribution in [2.24, 2.45) is 17.8 Å². The first-order valence-corrected chi connectivity index (χ1v) is 6.63. The van der Waals surface area contributed by atoms with Crippen LogP contribution in [0.1, 0.15) is 5.56 Å². The van der Waals surface area contributed by atoms with Gasteiger partial charge in [0.15, 0.2) is 0 Å². The Balaban J connectivity index is 1.66. The van der Waals surface area contributed by atoms with E-state index in [1.54, 1.807) is 4.90 Å². The van der Waals surface area contributed by atoms with Crippen LogP contribution in [0, 0.1) is 17.8 Å². The van der Waals surface area contributed by atoms with Crippen LogP contribution < -0.4 is 0 Å². The molecule has 4 nitrogen and oxygen atoms in total. The van der Waals surface area contributed by atoms with Gasteiger partial charge < -0.3 is 10.0 Å². The third-order valence-electron chi connectivity index (χ3n) is 3.77. The molecule has 1 saturated carbocycles. The SMILES string of the molecule is O=C(O)C1C2CN(Cc3ccc(Br)cc3)C(=O)C21. The number of amides is 1. The van der Waals surface area contributed by atoms with Crippen LogP contribution in [0.4, 0.5) is 0 Å². The van der Waals surface area contributed by atoms with Gasteiger partial charge in [0.2, 0.25) is 5.91 Å². The minimum Gasteiger partial charge on any atom is -0.481 e. The van der Waals surface area contributed by atoms with Crippen molar-refractivity contribution in [1.82, 2.24) is 4.90 Å². The second-order valence-electron chi connectivity index (χ2n) is 4.90. The molecule has 0 radical (unpaired) electrons. The third kappa shape index (κ3) is 1.82. The number of nitrogens with zero attached hydrogens (tertiary/aromatic N) is 1. The number of halogens is 1. The highest BCUT2D eigenvalue weighted by molar-refractivity contribution is 9.10. The number of hydrogen-bond donors (Lipinski definition) is 1. The summed E-state index contributed by atoms with van der Waals surface area (Å²) in [5.41, 5.74) is 1.07. The van der Waals surface area contributed by atoms with Crippen LogP contribution in [0.5, 0.6) is 0 Å². The van der Waals surface area contributed by atoms with Gasteiger partial charge in [-0.25, -0.2) is 0 Å². The molecule has 0 spiro atoms. The summed E-state index contributed by atoms with van der Waals surface area (Å²) in [6.45, 7) is 1.15. The molecule has 1 aliphatic carbocycles. The zero-order valence-corrected chi connectivity index (χ0v) is 11.1. The van der Waals surface area contributed by atoms with E-state index < -0.39 is 11.9 Å². The van der Waals surface area contributed by atoms with Crippen LogP contribution in [0.15, 0.2) is 28.7 Å². The zero-order valence-electron chi connectivity index (χ0n) is 9.54. The summed E-state index contributed by atoms with van der Waals surface area (Å²) in [4.78, 5) is 24.6. The Morgan fingerprint density at radius 1 is 1.39 bits per heavy atom. The molecule has 0 bridgehead atoms. The van der Waals surface area contributed by atoms with Gasteiger partial charge in [0.05, 0.1) is 11.8 Å². The number of benzene rings is 1. The Labute approximate surface area is 113 Å². The summed E-state index contributed by atoms with van der Waals surface area (Å²) >= 11 is 3.36. The van der Waals surface area contributed by atoms with E-state index in [9.17, 15) is 9.59 Å². The molecule has 1 aliphatic heterocycles. The van der Waals surface area contributed by atoms with Crippen molar-refractivity contribution in [3.8, 4) is 0 Å². The molecule has 2 aliphatic rings. The first-order chi connectivity index (χ1) is 8.58. The molecule has 3 atom stereocenters. The number of carbonyl (C=O) groups is 2. The Kier molecular flexibility index (Phi) is 2.66. The number of hydrogen-bond acceptors (Lipinski definition) is 2. The molecule has 3 unspecified atom stereocenters. The van der Waals surface area contributed by atoms with E-state index in [2.05, 4.69) is 15.9 Å². The quantitative estimate of drug-likeness (QED) is 0.925. The van der Waals surface area contributed by atoms with Crippen LogP contribution in [-0.4, -0.2) is 28.4 Å². The van der Waals surface area contributed by atoms with E-state index in [0.717, 1.165) is 10.0 Å². The highest BCUT2D eigenvalue weighted by Crippen LogP contribution is 2.52. The maximum absolute atomic E-state index is 12.0. The maximum Gasteiger partial charge on any atom is 0.307 e. The number of likely N-dealkylation sites (tertiary alicyclic amines) is 1. The minimum absolute atomic E-state index is 0.00433. The summed E-state index contributed by atoms with van der Waals surface area (Å²) in [5.74, 6) is -1.50. The molecule has 94 valence electrons. The highest BCUT2D eigenvalue weighted by atomic mass is 79.9. The van der Waals surface area contributed by atoms with E-state index in [-0.39, 0.29) is 17.7 Å². The normalized spacial score (nSPS) is 29.3. The molecule has 0 aromatic heterocycles. The lowest BCUT2D eigenvalue weighted by Gasteiger charge is -2.19. The number of carboxylic acid groups (broad SMARTS) is 1. The summed E-state index contributed by atoms with van der Waals surface area (Å²) < 4.78 is 1.01. The third-order valence-corrected chi connectivity index (χ3v) is 4.30. The fourth-order valence-electron chi connectivity index (χ4n) is 2.78. The predicted molar refractivity (Wildman–Crippen MR) is 67.7 cm³/mol. The lowest BCUT2D eigenvalue weighted by atomic mass is 10.2. The molecule has 1 amide bonds. The number of rotatable bonds is 3. The Hall–Kier alpha value is -1.36. The number of piperidine rings is 1. The van der Waals surface area contributed by atoms with Gasteiger partial charge in [-0.2, -0.15) is 0 Å². The molecular formula is C13H12BrNO3. The smallest absolute Gasteiger partial charge is 0.307 e. The average molecular weight is 310 g/mol. The van der Waals surface area contributed by atoms with E-state index >= 15 is 0 Å². The molecule has 1 saturated heterocycles. The fourth-order valence-corrected chi connectivity index (χ4v) is 3.05. The fraction of sp³-hybridized carbons (Fsp3) is 0.385. The van der Waals surface area contributed by atoms with Gasteiger partial charge in [0.25, 0.3) is 0 Å². The van der Waals surface area contributed by atoms with Crippen LogP contribution in [0.3, 0.4) is 0 Å². The van der Waals surface area contributed by atoms with Crippen molar-refractivity contribution < 1.29 is 14.7 Å². The lowest BCUT2D eigenvalue weighted by molar-refractivity contribution is -0.143. The second kappa shape index (κ2) is 4.09. The number of aliphatic carboxylic acids is 1. The van der Waals surface area contributed by atoms with Gasteiger partial charge in [-0.3, -0.25) is 9.59 Å². The summed E-state index contributed by atoms with van der Waals surface area (Å²) in [5, 5.41) is 8.91. The number of fused-ring (bicyclic) bond motifs is 1. The molecular weight excluding hydrogens is 298 g/mol. The van der Waals surface area contributed by atoms with Gasteiger partial charge in [0, 0.05) is 23.5 Å². The molecule has 1 aromatic carbocycles. The van der Waals surface area contributed by atoms with E-state index in [4.69, 9.17) is 5.11 Å². The Bertz CT molecular complexity index is 513. The monoisotopic (exact) mass is 309 g/mol. The second-order valence-corrected chi connectivity index (χ2v) is 5.81. The molecule has 1 aromatic rings. The van der Waals surface area contributed by atoms with Crippen LogP contribution >= 0.6 is 15.9 Å². The first-order valence-electron chi connectivity index (χ1n) is 5.84. The van der Waals surface area contributed by atoms with Crippen LogP contribution in [0.25, 0.3) is 0 Å². The molecule has 18 heavy (non-hydrogen) atoms.